The monoisotopic (exact) mass is 357 g/mol. The van der Waals surface area contributed by atoms with E-state index in [1.54, 1.807) is 11.3 Å². The standard InChI is InChI=1S/C18H23N5OS/c1-3-6-23-7-4-18(17(23)24)13-22(11-14-9-20-21(2)10-14)12-15(18)16-19-5-8-25-16/h3,5,8-10,15H,1,4,6-7,11-13H2,2H3/t15-,18-/m0/s1. The normalized spacial score (nSPS) is 26.8. The van der Waals surface area contributed by atoms with Crippen molar-refractivity contribution in [2.24, 2.45) is 12.5 Å². The summed E-state index contributed by atoms with van der Waals surface area (Å²) in [4.78, 5) is 22.1. The number of carbonyl (C=O) groups excluding carboxylic acids is 1. The van der Waals surface area contributed by atoms with Gasteiger partial charge < -0.3 is 4.90 Å². The van der Waals surface area contributed by atoms with Crippen molar-refractivity contribution in [3.63, 3.8) is 0 Å². The summed E-state index contributed by atoms with van der Waals surface area (Å²) in [7, 11) is 1.93. The molecule has 0 aliphatic carbocycles. The minimum atomic E-state index is -0.344. The summed E-state index contributed by atoms with van der Waals surface area (Å²) in [6.07, 6.45) is 8.51. The summed E-state index contributed by atoms with van der Waals surface area (Å²) >= 11 is 1.66. The van der Waals surface area contributed by atoms with Gasteiger partial charge in [0.05, 0.1) is 16.6 Å². The second kappa shape index (κ2) is 6.38. The van der Waals surface area contributed by atoms with E-state index in [-0.39, 0.29) is 17.2 Å². The highest BCUT2D eigenvalue weighted by Gasteiger charge is 2.57. The Kier molecular flexibility index (Phi) is 4.21. The molecule has 2 saturated heterocycles. The van der Waals surface area contributed by atoms with Crippen LogP contribution in [0.3, 0.4) is 0 Å². The van der Waals surface area contributed by atoms with Crippen LogP contribution in [0.25, 0.3) is 0 Å². The highest BCUT2D eigenvalue weighted by atomic mass is 32.1. The molecule has 2 aromatic heterocycles. The van der Waals surface area contributed by atoms with Crippen molar-refractivity contribution in [1.82, 2.24) is 24.6 Å². The second-order valence-electron chi connectivity index (χ2n) is 7.06. The number of thiazole rings is 1. The molecule has 2 fully saturated rings. The fourth-order valence-corrected chi connectivity index (χ4v) is 5.16. The van der Waals surface area contributed by atoms with Crippen LogP contribution < -0.4 is 0 Å². The molecular formula is C18H23N5OS. The summed E-state index contributed by atoms with van der Waals surface area (Å²) in [5, 5.41) is 7.35. The topological polar surface area (TPSA) is 54.3 Å². The summed E-state index contributed by atoms with van der Waals surface area (Å²) in [6.45, 7) is 7.72. The molecule has 0 saturated carbocycles. The maximum absolute atomic E-state index is 13.2. The molecule has 132 valence electrons. The Bertz CT molecular complexity index is 770. The van der Waals surface area contributed by atoms with Crippen LogP contribution in [0, 0.1) is 5.41 Å². The zero-order chi connectivity index (χ0) is 17.4. The molecule has 2 aliphatic heterocycles. The van der Waals surface area contributed by atoms with Gasteiger partial charge in [-0.15, -0.1) is 17.9 Å². The summed E-state index contributed by atoms with van der Waals surface area (Å²) in [5.74, 6) is 0.438. The first-order valence-electron chi connectivity index (χ1n) is 8.62. The summed E-state index contributed by atoms with van der Waals surface area (Å²) in [6, 6.07) is 0. The highest BCUT2D eigenvalue weighted by molar-refractivity contribution is 7.09. The van der Waals surface area contributed by atoms with Gasteiger partial charge in [-0.05, 0) is 6.42 Å². The maximum Gasteiger partial charge on any atom is 0.231 e. The van der Waals surface area contributed by atoms with Gasteiger partial charge in [0, 0.05) is 69.0 Å². The smallest absolute Gasteiger partial charge is 0.231 e. The first-order valence-corrected chi connectivity index (χ1v) is 9.50. The van der Waals surface area contributed by atoms with E-state index in [9.17, 15) is 4.79 Å². The molecule has 25 heavy (non-hydrogen) atoms. The number of hydrogen-bond acceptors (Lipinski definition) is 5. The van der Waals surface area contributed by atoms with Gasteiger partial charge in [0.2, 0.25) is 5.91 Å². The van der Waals surface area contributed by atoms with E-state index in [0.717, 1.165) is 37.6 Å². The minimum Gasteiger partial charge on any atom is -0.338 e. The molecule has 1 amide bonds. The maximum atomic E-state index is 13.2. The third-order valence-corrected chi connectivity index (χ3v) is 6.31. The molecule has 0 N–H and O–H groups in total. The van der Waals surface area contributed by atoms with Gasteiger partial charge >= 0.3 is 0 Å². The molecule has 0 radical (unpaired) electrons. The Morgan fingerprint density at radius 3 is 3.08 bits per heavy atom. The Morgan fingerprint density at radius 2 is 2.40 bits per heavy atom. The van der Waals surface area contributed by atoms with Crippen molar-refractivity contribution >= 4 is 17.2 Å². The van der Waals surface area contributed by atoms with Crippen molar-refractivity contribution in [2.75, 3.05) is 26.2 Å². The number of hydrogen-bond donors (Lipinski definition) is 0. The van der Waals surface area contributed by atoms with Gasteiger partial charge in [0.1, 0.15) is 0 Å². The van der Waals surface area contributed by atoms with Crippen molar-refractivity contribution < 1.29 is 4.79 Å². The fraction of sp³-hybridized carbons (Fsp3) is 0.500. The summed E-state index contributed by atoms with van der Waals surface area (Å²) < 4.78 is 1.83. The largest absolute Gasteiger partial charge is 0.338 e. The Labute approximate surface area is 151 Å². The second-order valence-corrected chi connectivity index (χ2v) is 7.99. The fourth-order valence-electron chi connectivity index (χ4n) is 4.32. The lowest BCUT2D eigenvalue weighted by Gasteiger charge is -2.27. The molecule has 2 aliphatic rings. The van der Waals surface area contributed by atoms with E-state index < -0.39 is 0 Å². The number of carbonyl (C=O) groups is 1. The number of nitrogens with zero attached hydrogens (tertiary/aromatic N) is 5. The van der Waals surface area contributed by atoms with Crippen molar-refractivity contribution in [3.8, 4) is 0 Å². The molecule has 6 nitrogen and oxygen atoms in total. The molecule has 1 spiro atoms. The van der Waals surface area contributed by atoms with E-state index >= 15 is 0 Å². The Morgan fingerprint density at radius 1 is 1.52 bits per heavy atom. The van der Waals surface area contributed by atoms with Gasteiger partial charge in [-0.1, -0.05) is 6.08 Å². The van der Waals surface area contributed by atoms with Crippen LogP contribution in [0.4, 0.5) is 0 Å². The van der Waals surface area contributed by atoms with Gasteiger partial charge in [-0.2, -0.15) is 5.10 Å². The van der Waals surface area contributed by atoms with Crippen LogP contribution in [0.1, 0.15) is 22.9 Å². The van der Waals surface area contributed by atoms with Crippen molar-refractivity contribution in [3.05, 3.63) is 47.2 Å². The highest BCUT2D eigenvalue weighted by Crippen LogP contribution is 2.50. The van der Waals surface area contributed by atoms with Crippen LogP contribution in [-0.4, -0.2) is 56.7 Å². The minimum absolute atomic E-state index is 0.173. The first-order chi connectivity index (χ1) is 12.1. The molecule has 2 atom stereocenters. The van der Waals surface area contributed by atoms with Gasteiger partial charge in [-0.25, -0.2) is 4.98 Å². The van der Waals surface area contributed by atoms with Crippen LogP contribution in [0.5, 0.6) is 0 Å². The number of aromatic nitrogens is 3. The molecule has 4 rings (SSSR count). The lowest BCUT2D eigenvalue weighted by molar-refractivity contribution is -0.135. The average molecular weight is 357 g/mol. The Hall–Kier alpha value is -1.99. The lowest BCUT2D eigenvalue weighted by Crippen LogP contribution is -2.39. The van der Waals surface area contributed by atoms with E-state index in [0.29, 0.717) is 6.54 Å². The number of aryl methyl sites for hydroxylation is 1. The SMILES string of the molecule is C=CCN1CC[C@@]2(CN(Cc3cnn(C)c3)C[C@H]2c2nccs2)C1=O. The van der Waals surface area contributed by atoms with Crippen molar-refractivity contribution in [1.29, 1.82) is 0 Å². The predicted octanol–water partition coefficient (Wildman–Crippen LogP) is 1.88. The molecule has 0 unspecified atom stereocenters. The zero-order valence-electron chi connectivity index (χ0n) is 14.5. The van der Waals surface area contributed by atoms with Crippen LogP contribution >= 0.6 is 11.3 Å². The third-order valence-electron chi connectivity index (χ3n) is 5.42. The van der Waals surface area contributed by atoms with E-state index in [2.05, 4.69) is 21.6 Å². The number of rotatable bonds is 5. The third kappa shape index (κ3) is 2.81. The van der Waals surface area contributed by atoms with Gasteiger partial charge in [-0.3, -0.25) is 14.4 Å². The van der Waals surface area contributed by atoms with Crippen LogP contribution in [-0.2, 0) is 18.4 Å². The van der Waals surface area contributed by atoms with E-state index in [1.165, 1.54) is 5.56 Å². The average Bonchev–Trinajstić information content (AvgIpc) is 3.35. The molecule has 0 bridgehead atoms. The number of amides is 1. The number of likely N-dealkylation sites (tertiary alicyclic amines) is 2. The molecule has 2 aromatic rings. The zero-order valence-corrected chi connectivity index (χ0v) is 15.3. The molecular weight excluding hydrogens is 334 g/mol. The lowest BCUT2D eigenvalue weighted by atomic mass is 9.77. The Balaban J connectivity index is 1.61. The molecule has 7 heteroatoms. The van der Waals surface area contributed by atoms with Crippen molar-refractivity contribution in [2.45, 2.75) is 18.9 Å². The molecule has 4 heterocycles. The predicted molar refractivity (Wildman–Crippen MR) is 97.2 cm³/mol. The van der Waals surface area contributed by atoms with Crippen LogP contribution in [0.15, 0.2) is 36.6 Å². The van der Waals surface area contributed by atoms with E-state index in [1.807, 2.05) is 46.7 Å². The van der Waals surface area contributed by atoms with Crippen LogP contribution in [0.2, 0.25) is 0 Å². The van der Waals surface area contributed by atoms with E-state index in [4.69, 9.17) is 0 Å². The molecule has 0 aromatic carbocycles. The quantitative estimate of drug-likeness (QED) is 0.767. The first kappa shape index (κ1) is 16.5. The summed E-state index contributed by atoms with van der Waals surface area (Å²) in [5.41, 5.74) is 0.842. The van der Waals surface area contributed by atoms with Gasteiger partial charge in [0.25, 0.3) is 0 Å². The van der Waals surface area contributed by atoms with Gasteiger partial charge in [0.15, 0.2) is 0 Å².